The summed E-state index contributed by atoms with van der Waals surface area (Å²) in [6.45, 7) is 0.799. The van der Waals surface area contributed by atoms with Gasteiger partial charge in [-0.2, -0.15) is 8.75 Å². The highest BCUT2D eigenvalue weighted by Crippen LogP contribution is 2.37. The van der Waals surface area contributed by atoms with E-state index in [2.05, 4.69) is 8.75 Å². The van der Waals surface area contributed by atoms with Crippen LogP contribution >= 0.6 is 11.7 Å². The van der Waals surface area contributed by atoms with Crippen LogP contribution in [0, 0.1) is 11.8 Å². The summed E-state index contributed by atoms with van der Waals surface area (Å²) >= 11 is 1.12. The van der Waals surface area contributed by atoms with E-state index in [-0.39, 0.29) is 35.6 Å². The van der Waals surface area contributed by atoms with Crippen LogP contribution in [-0.4, -0.2) is 55.4 Å². The maximum atomic E-state index is 12.6. The van der Waals surface area contributed by atoms with Crippen LogP contribution in [0.2, 0.25) is 0 Å². The zero-order valence-corrected chi connectivity index (χ0v) is 14.7. The van der Waals surface area contributed by atoms with Gasteiger partial charge < -0.3 is 4.90 Å². The van der Waals surface area contributed by atoms with Crippen molar-refractivity contribution >= 4 is 40.5 Å². The number of imide groups is 1. The molecule has 132 valence electrons. The summed E-state index contributed by atoms with van der Waals surface area (Å²) in [6.07, 6.45) is 5.25. The fourth-order valence-corrected chi connectivity index (χ4v) is 4.59. The minimum absolute atomic E-state index is 0.0728. The first-order chi connectivity index (χ1) is 12.6. The maximum absolute atomic E-state index is 12.6. The Kier molecular flexibility index (Phi) is 3.43. The van der Waals surface area contributed by atoms with Crippen LogP contribution in [0.15, 0.2) is 30.4 Å². The van der Waals surface area contributed by atoms with E-state index in [0.29, 0.717) is 37.0 Å². The van der Waals surface area contributed by atoms with E-state index in [4.69, 9.17) is 0 Å². The fourth-order valence-electron chi connectivity index (χ4n) is 4.07. The predicted octanol–water partition coefficient (Wildman–Crippen LogP) is 1.47. The lowest BCUT2D eigenvalue weighted by molar-refractivity contribution is -0.145. The van der Waals surface area contributed by atoms with Crippen LogP contribution < -0.4 is 0 Å². The minimum atomic E-state index is -0.211. The van der Waals surface area contributed by atoms with Crippen molar-refractivity contribution in [1.82, 2.24) is 18.5 Å². The average Bonchev–Trinajstić information content (AvgIpc) is 3.18. The fraction of sp³-hybridized carbons (Fsp3) is 0.389. The maximum Gasteiger partial charge on any atom is 0.254 e. The Morgan fingerprint density at radius 2 is 1.65 bits per heavy atom. The Balaban J connectivity index is 1.29. The monoisotopic (exact) mass is 368 g/mol. The van der Waals surface area contributed by atoms with Crippen molar-refractivity contribution in [1.29, 1.82) is 0 Å². The molecule has 8 heteroatoms. The molecule has 26 heavy (non-hydrogen) atoms. The number of benzene rings is 1. The van der Waals surface area contributed by atoms with Crippen LogP contribution in [0.1, 0.15) is 23.2 Å². The zero-order chi connectivity index (χ0) is 17.8. The van der Waals surface area contributed by atoms with Crippen LogP contribution in [-0.2, 0) is 9.59 Å². The first-order valence-corrected chi connectivity index (χ1v) is 9.40. The first-order valence-electron chi connectivity index (χ1n) is 8.67. The predicted molar refractivity (Wildman–Crippen MR) is 94.3 cm³/mol. The van der Waals surface area contributed by atoms with E-state index >= 15 is 0 Å². The second-order valence-electron chi connectivity index (χ2n) is 7.03. The SMILES string of the molecule is O=C(c1ccc2nsnc2c1)N1CC(N2C(=O)[C@H]3CC=CC[C@@H]3C2=O)C1. The number of carbonyl (C=O) groups is 3. The largest absolute Gasteiger partial charge is 0.334 e. The molecule has 2 aliphatic heterocycles. The van der Waals surface area contributed by atoms with E-state index in [1.165, 1.54) is 4.90 Å². The molecule has 2 atom stereocenters. The molecule has 0 unspecified atom stereocenters. The van der Waals surface area contributed by atoms with Gasteiger partial charge in [0, 0.05) is 18.7 Å². The molecular formula is C18H16N4O3S. The third-order valence-corrected chi connectivity index (χ3v) is 6.11. The smallest absolute Gasteiger partial charge is 0.254 e. The Hall–Kier alpha value is -2.61. The molecule has 3 aliphatic rings. The standard InChI is InChI=1S/C18H16N4O3S/c23-16(10-5-6-14-15(7-10)20-26-19-14)21-8-11(9-21)22-17(24)12-3-1-2-4-13(12)18(22)25/h1-2,5-7,11-13H,3-4,8-9H2/t12-,13-/m0/s1. The number of fused-ring (bicyclic) bond motifs is 2. The number of amides is 3. The van der Waals surface area contributed by atoms with Gasteiger partial charge in [-0.1, -0.05) is 12.2 Å². The molecule has 2 aromatic rings. The zero-order valence-electron chi connectivity index (χ0n) is 13.9. The molecule has 0 saturated carbocycles. The highest BCUT2D eigenvalue weighted by atomic mass is 32.1. The van der Waals surface area contributed by atoms with Crippen molar-refractivity contribution in [3.8, 4) is 0 Å². The third kappa shape index (κ3) is 2.21. The van der Waals surface area contributed by atoms with Crippen LogP contribution in [0.3, 0.4) is 0 Å². The molecule has 3 heterocycles. The van der Waals surface area contributed by atoms with Gasteiger partial charge >= 0.3 is 0 Å². The van der Waals surface area contributed by atoms with Crippen LogP contribution in [0.4, 0.5) is 0 Å². The second-order valence-corrected chi connectivity index (χ2v) is 7.56. The lowest BCUT2D eigenvalue weighted by Gasteiger charge is -2.43. The summed E-state index contributed by atoms with van der Waals surface area (Å²) in [6, 6.07) is 5.07. The average molecular weight is 368 g/mol. The molecule has 0 N–H and O–H groups in total. The van der Waals surface area contributed by atoms with Gasteiger partial charge in [-0.05, 0) is 31.0 Å². The summed E-state index contributed by atoms with van der Waals surface area (Å²) in [5, 5.41) is 0. The molecule has 1 aromatic heterocycles. The van der Waals surface area contributed by atoms with Crippen LogP contribution in [0.25, 0.3) is 11.0 Å². The number of nitrogens with zero attached hydrogens (tertiary/aromatic N) is 4. The van der Waals surface area contributed by atoms with Crippen LogP contribution in [0.5, 0.6) is 0 Å². The summed E-state index contributed by atoms with van der Waals surface area (Å²) in [5.41, 5.74) is 2.04. The molecule has 2 fully saturated rings. The van der Waals surface area contributed by atoms with Gasteiger partial charge in [-0.3, -0.25) is 19.3 Å². The molecular weight excluding hydrogens is 352 g/mol. The van der Waals surface area contributed by atoms with E-state index in [0.717, 1.165) is 17.2 Å². The lowest BCUT2D eigenvalue weighted by Crippen LogP contribution is -2.62. The highest BCUT2D eigenvalue weighted by Gasteiger charge is 2.52. The Morgan fingerprint density at radius 3 is 2.35 bits per heavy atom. The van der Waals surface area contributed by atoms with E-state index in [9.17, 15) is 14.4 Å². The number of rotatable bonds is 2. The summed E-state index contributed by atoms with van der Waals surface area (Å²) < 4.78 is 8.29. The molecule has 1 aromatic carbocycles. The summed E-state index contributed by atoms with van der Waals surface area (Å²) in [4.78, 5) is 40.9. The van der Waals surface area contributed by atoms with E-state index < -0.39 is 0 Å². The number of likely N-dealkylation sites (tertiary alicyclic amines) is 2. The molecule has 5 rings (SSSR count). The van der Waals surface area contributed by atoms with Crippen molar-refractivity contribution < 1.29 is 14.4 Å². The van der Waals surface area contributed by atoms with E-state index in [1.807, 2.05) is 12.2 Å². The van der Waals surface area contributed by atoms with Gasteiger partial charge in [-0.25, -0.2) is 0 Å². The van der Waals surface area contributed by atoms with Gasteiger partial charge in [0.15, 0.2) is 0 Å². The van der Waals surface area contributed by atoms with Crippen molar-refractivity contribution in [3.05, 3.63) is 35.9 Å². The number of allylic oxidation sites excluding steroid dienone is 2. The molecule has 1 aliphatic carbocycles. The quantitative estimate of drug-likeness (QED) is 0.592. The normalized spacial score (nSPS) is 25.7. The van der Waals surface area contributed by atoms with Gasteiger partial charge in [0.1, 0.15) is 11.0 Å². The minimum Gasteiger partial charge on any atom is -0.334 e. The number of hydrogen-bond donors (Lipinski definition) is 0. The first kappa shape index (κ1) is 15.6. The van der Waals surface area contributed by atoms with Crippen molar-refractivity contribution in [2.45, 2.75) is 18.9 Å². The third-order valence-electron chi connectivity index (χ3n) is 5.56. The van der Waals surface area contributed by atoms with Gasteiger partial charge in [0.05, 0.1) is 29.6 Å². The Labute approximate surface area is 153 Å². The highest BCUT2D eigenvalue weighted by molar-refractivity contribution is 7.00. The van der Waals surface area contributed by atoms with Gasteiger partial charge in [-0.15, -0.1) is 0 Å². The number of hydrogen-bond acceptors (Lipinski definition) is 6. The van der Waals surface area contributed by atoms with Crippen molar-refractivity contribution in [2.75, 3.05) is 13.1 Å². The number of carbonyl (C=O) groups excluding carboxylic acids is 3. The Bertz CT molecular complexity index is 936. The Morgan fingerprint density at radius 1 is 1.00 bits per heavy atom. The molecule has 3 amide bonds. The second kappa shape index (κ2) is 5.70. The van der Waals surface area contributed by atoms with Gasteiger partial charge in [0.25, 0.3) is 5.91 Å². The van der Waals surface area contributed by atoms with Crippen molar-refractivity contribution in [3.63, 3.8) is 0 Å². The molecule has 0 spiro atoms. The van der Waals surface area contributed by atoms with E-state index in [1.54, 1.807) is 23.1 Å². The molecule has 2 saturated heterocycles. The lowest BCUT2D eigenvalue weighted by atomic mass is 9.85. The number of aromatic nitrogens is 2. The van der Waals surface area contributed by atoms with Gasteiger partial charge in [0.2, 0.25) is 11.8 Å². The van der Waals surface area contributed by atoms with Crippen molar-refractivity contribution in [2.24, 2.45) is 11.8 Å². The summed E-state index contributed by atoms with van der Waals surface area (Å²) in [7, 11) is 0. The molecule has 0 radical (unpaired) electrons. The molecule has 0 bridgehead atoms. The topological polar surface area (TPSA) is 83.5 Å². The molecule has 7 nitrogen and oxygen atoms in total. The summed E-state index contributed by atoms with van der Waals surface area (Å²) in [5.74, 6) is -0.671.